The lowest BCUT2D eigenvalue weighted by Crippen LogP contribution is -2.56. The maximum Gasteiger partial charge on any atom is 0.316 e. The van der Waals surface area contributed by atoms with Gasteiger partial charge in [0.1, 0.15) is 17.0 Å². The number of rotatable bonds is 10. The first-order valence-electron chi connectivity index (χ1n) is 13.5. The summed E-state index contributed by atoms with van der Waals surface area (Å²) in [6, 6.07) is 10.9. The van der Waals surface area contributed by atoms with Crippen molar-refractivity contribution in [3.05, 3.63) is 72.3 Å². The van der Waals surface area contributed by atoms with Gasteiger partial charge in [-0.2, -0.15) is 0 Å². The SMILES string of the molecule is CC1(C(=O)OCC2CC2)COC(C(N)=O)(c2nc(-c3ccc(F)cc3)c(-c3ccnc(NCc4ccco4)n3)[nH]2)OC1. The second-order valence-electron chi connectivity index (χ2n) is 10.7. The Morgan fingerprint density at radius 2 is 1.90 bits per heavy atom. The quantitative estimate of drug-likeness (QED) is 0.238. The Morgan fingerprint density at radius 1 is 1.14 bits per heavy atom. The molecule has 1 aliphatic carbocycles. The van der Waals surface area contributed by atoms with Crippen molar-refractivity contribution in [3.63, 3.8) is 0 Å². The number of esters is 1. The lowest BCUT2D eigenvalue weighted by atomic mass is 9.91. The number of hydrogen-bond acceptors (Lipinski definition) is 10. The Kier molecular flexibility index (Phi) is 7.21. The summed E-state index contributed by atoms with van der Waals surface area (Å²) in [5.41, 5.74) is 6.32. The Bertz CT molecular complexity index is 1580. The minimum Gasteiger partial charge on any atom is -0.467 e. The van der Waals surface area contributed by atoms with Crippen LogP contribution in [0, 0.1) is 17.2 Å². The summed E-state index contributed by atoms with van der Waals surface area (Å²) < 4.78 is 36.4. The molecule has 0 atom stereocenters. The predicted molar refractivity (Wildman–Crippen MR) is 146 cm³/mol. The lowest BCUT2D eigenvalue weighted by molar-refractivity contribution is -0.293. The molecule has 1 saturated heterocycles. The number of carbonyl (C=O) groups excluding carboxylic acids is 2. The van der Waals surface area contributed by atoms with Crippen LogP contribution in [0.15, 0.2) is 59.3 Å². The number of nitrogens with one attached hydrogen (secondary N) is 2. The van der Waals surface area contributed by atoms with Crippen LogP contribution >= 0.6 is 0 Å². The van der Waals surface area contributed by atoms with Crippen LogP contribution in [0.4, 0.5) is 10.3 Å². The van der Waals surface area contributed by atoms with E-state index in [1.54, 1.807) is 43.6 Å². The maximum absolute atomic E-state index is 13.8. The van der Waals surface area contributed by atoms with E-state index < -0.39 is 28.9 Å². The zero-order valence-electron chi connectivity index (χ0n) is 22.8. The second kappa shape index (κ2) is 11.0. The highest BCUT2D eigenvalue weighted by Crippen LogP contribution is 2.40. The van der Waals surface area contributed by atoms with Crippen molar-refractivity contribution in [1.82, 2.24) is 19.9 Å². The van der Waals surface area contributed by atoms with Crippen LogP contribution in [-0.4, -0.2) is 51.6 Å². The molecule has 13 heteroatoms. The summed E-state index contributed by atoms with van der Waals surface area (Å²) in [5, 5.41) is 3.09. The van der Waals surface area contributed by atoms with Gasteiger partial charge in [0.2, 0.25) is 5.95 Å². The number of nitrogens with two attached hydrogens (primary N) is 1. The van der Waals surface area contributed by atoms with E-state index in [-0.39, 0.29) is 19.0 Å². The molecule has 6 rings (SSSR count). The number of halogens is 1. The minimum absolute atomic E-state index is 0.0542. The third-order valence-electron chi connectivity index (χ3n) is 7.20. The number of aromatic amines is 1. The molecule has 3 aromatic heterocycles. The van der Waals surface area contributed by atoms with Crippen LogP contribution in [-0.2, 0) is 36.1 Å². The van der Waals surface area contributed by atoms with Gasteiger partial charge < -0.3 is 34.7 Å². The first-order chi connectivity index (χ1) is 20.3. The first kappa shape index (κ1) is 27.5. The molecule has 0 unspecified atom stereocenters. The average Bonchev–Trinajstić information content (AvgIpc) is 3.47. The van der Waals surface area contributed by atoms with E-state index in [4.69, 9.17) is 24.4 Å². The van der Waals surface area contributed by atoms with Gasteiger partial charge in [0.15, 0.2) is 5.82 Å². The van der Waals surface area contributed by atoms with Crippen molar-refractivity contribution in [1.29, 1.82) is 0 Å². The van der Waals surface area contributed by atoms with Gasteiger partial charge >= 0.3 is 11.8 Å². The van der Waals surface area contributed by atoms with E-state index in [9.17, 15) is 14.0 Å². The normalized spacial score (nSPS) is 22.0. The van der Waals surface area contributed by atoms with E-state index in [0.717, 1.165) is 12.8 Å². The summed E-state index contributed by atoms with van der Waals surface area (Å²) in [4.78, 5) is 42.3. The molecule has 42 heavy (non-hydrogen) atoms. The number of H-pyrrole nitrogens is 1. The molecule has 4 heterocycles. The summed E-state index contributed by atoms with van der Waals surface area (Å²) in [6.45, 7) is 1.94. The summed E-state index contributed by atoms with van der Waals surface area (Å²) in [5.74, 6) is -2.67. The smallest absolute Gasteiger partial charge is 0.316 e. The maximum atomic E-state index is 13.8. The fourth-order valence-electron chi connectivity index (χ4n) is 4.46. The van der Waals surface area contributed by atoms with Crippen molar-refractivity contribution in [2.45, 2.75) is 32.1 Å². The largest absolute Gasteiger partial charge is 0.467 e. The number of primary amides is 1. The van der Waals surface area contributed by atoms with E-state index >= 15 is 0 Å². The molecule has 2 fully saturated rings. The zero-order valence-corrected chi connectivity index (χ0v) is 22.8. The number of amides is 1. The van der Waals surface area contributed by atoms with Gasteiger partial charge in [-0.1, -0.05) is 0 Å². The number of carbonyl (C=O) groups is 2. The third kappa shape index (κ3) is 5.48. The number of aromatic nitrogens is 4. The van der Waals surface area contributed by atoms with Crippen molar-refractivity contribution >= 4 is 17.8 Å². The van der Waals surface area contributed by atoms with Gasteiger partial charge in [-0.15, -0.1) is 0 Å². The first-order valence-corrected chi connectivity index (χ1v) is 13.5. The Morgan fingerprint density at radius 3 is 2.57 bits per heavy atom. The van der Waals surface area contributed by atoms with E-state index in [1.807, 2.05) is 6.07 Å². The number of nitrogens with zero attached hydrogens (tertiary/aromatic N) is 3. The monoisotopic (exact) mass is 576 g/mol. The molecular weight excluding hydrogens is 547 g/mol. The molecule has 1 aromatic carbocycles. The molecule has 1 aliphatic heterocycles. The summed E-state index contributed by atoms with van der Waals surface area (Å²) in [7, 11) is 0. The number of imidazole rings is 1. The van der Waals surface area contributed by atoms with Crippen LogP contribution in [0.1, 0.15) is 31.4 Å². The molecular formula is C29H29FN6O6. The van der Waals surface area contributed by atoms with Crippen LogP contribution in [0.25, 0.3) is 22.6 Å². The highest BCUT2D eigenvalue weighted by Gasteiger charge is 2.54. The topological polar surface area (TPSA) is 167 Å². The molecule has 0 bridgehead atoms. The molecule has 218 valence electrons. The Labute approximate surface area is 239 Å². The van der Waals surface area contributed by atoms with Crippen LogP contribution in [0.5, 0.6) is 0 Å². The van der Waals surface area contributed by atoms with Crippen LogP contribution < -0.4 is 11.1 Å². The Hall–Kier alpha value is -4.62. The standard InChI is InChI=1S/C29H29FN6O6/c1-28(26(38)40-14-17-4-5-17)15-41-29(24(31)37,42-16-28)25-35-22(18-6-8-19(30)9-7-18)23(36-25)21-10-11-32-27(34-21)33-13-20-3-2-12-39-20/h2-3,6-12,17H,4-5,13-16H2,1H3,(H2,31,37)(H,35,36)(H,32,33,34). The molecule has 1 amide bonds. The molecule has 1 saturated carbocycles. The number of furan rings is 1. The number of benzene rings is 1. The second-order valence-corrected chi connectivity index (χ2v) is 10.7. The van der Waals surface area contributed by atoms with Crippen molar-refractivity contribution in [2.24, 2.45) is 17.1 Å². The zero-order chi connectivity index (χ0) is 29.3. The van der Waals surface area contributed by atoms with Crippen molar-refractivity contribution in [3.8, 4) is 22.6 Å². The van der Waals surface area contributed by atoms with E-state index in [1.165, 1.54) is 12.1 Å². The number of ether oxygens (including phenoxy) is 3. The fraction of sp³-hybridized carbons (Fsp3) is 0.345. The van der Waals surface area contributed by atoms with Gasteiger partial charge in [-0.25, -0.2) is 19.3 Å². The van der Waals surface area contributed by atoms with Gasteiger partial charge in [-0.05, 0) is 68.1 Å². The molecule has 12 nitrogen and oxygen atoms in total. The minimum atomic E-state index is -2.13. The van der Waals surface area contributed by atoms with E-state index in [0.29, 0.717) is 53.4 Å². The number of anilines is 1. The number of hydrogen-bond donors (Lipinski definition) is 3. The molecule has 2 aliphatic rings. The molecule has 4 N–H and O–H groups in total. The highest BCUT2D eigenvalue weighted by atomic mass is 19.1. The molecule has 0 spiro atoms. The molecule has 4 aromatic rings. The third-order valence-corrected chi connectivity index (χ3v) is 7.20. The van der Waals surface area contributed by atoms with Gasteiger partial charge in [0, 0.05) is 11.8 Å². The Balaban J connectivity index is 1.33. The van der Waals surface area contributed by atoms with Crippen molar-refractivity contribution in [2.75, 3.05) is 25.1 Å². The predicted octanol–water partition coefficient (Wildman–Crippen LogP) is 3.52. The van der Waals surface area contributed by atoms with Gasteiger partial charge in [0.25, 0.3) is 5.91 Å². The van der Waals surface area contributed by atoms with Gasteiger partial charge in [0.05, 0.1) is 49.7 Å². The average molecular weight is 577 g/mol. The fourth-order valence-corrected chi connectivity index (χ4v) is 4.46. The summed E-state index contributed by atoms with van der Waals surface area (Å²) >= 11 is 0. The highest BCUT2D eigenvalue weighted by molar-refractivity contribution is 5.85. The lowest BCUT2D eigenvalue weighted by Gasteiger charge is -2.40. The van der Waals surface area contributed by atoms with Crippen LogP contribution in [0.3, 0.4) is 0 Å². The van der Waals surface area contributed by atoms with Gasteiger partial charge in [-0.3, -0.25) is 9.59 Å². The van der Waals surface area contributed by atoms with Crippen LogP contribution in [0.2, 0.25) is 0 Å². The van der Waals surface area contributed by atoms with E-state index in [2.05, 4.69) is 25.3 Å². The summed E-state index contributed by atoms with van der Waals surface area (Å²) in [6.07, 6.45) is 5.19. The van der Waals surface area contributed by atoms with Crippen molar-refractivity contribution < 1.29 is 32.6 Å². The molecule has 0 radical (unpaired) electrons.